The number of nitrogens with one attached hydrogen (secondary N) is 2. The van der Waals surface area contributed by atoms with E-state index in [2.05, 4.69) is 15.0 Å². The fraction of sp³-hybridized carbons (Fsp3) is 0.0833. The van der Waals surface area contributed by atoms with Crippen molar-refractivity contribution in [1.29, 1.82) is 0 Å². The Bertz CT molecular complexity index is 1420. The number of aliphatic hydroxyl groups excluding tert-OH is 1. The van der Waals surface area contributed by atoms with Crippen molar-refractivity contribution >= 4 is 44.0 Å². The maximum atomic E-state index is 12.7. The summed E-state index contributed by atoms with van der Waals surface area (Å²) in [6.07, 6.45) is 1.71. The SMILES string of the molecule is O=C(Nc1ccc(Cl)c(-c2nccc3ccccc23)c1)c1ccc(S(=O)(=O)NCCO)cc1. The number of aliphatic hydroxyl groups is 1. The van der Waals surface area contributed by atoms with Crippen molar-refractivity contribution < 1.29 is 18.3 Å². The molecule has 168 valence electrons. The van der Waals surface area contributed by atoms with Crippen LogP contribution >= 0.6 is 11.6 Å². The van der Waals surface area contributed by atoms with Gasteiger partial charge in [-0.25, -0.2) is 13.1 Å². The molecule has 0 saturated carbocycles. The third-order valence-electron chi connectivity index (χ3n) is 4.98. The molecule has 3 aromatic carbocycles. The van der Waals surface area contributed by atoms with Crippen LogP contribution in [0.3, 0.4) is 0 Å². The van der Waals surface area contributed by atoms with Crippen molar-refractivity contribution in [2.75, 3.05) is 18.5 Å². The fourth-order valence-corrected chi connectivity index (χ4v) is 4.60. The monoisotopic (exact) mass is 481 g/mol. The van der Waals surface area contributed by atoms with E-state index in [1.165, 1.54) is 24.3 Å². The Morgan fingerprint density at radius 3 is 2.52 bits per heavy atom. The zero-order valence-electron chi connectivity index (χ0n) is 17.3. The van der Waals surface area contributed by atoms with E-state index in [9.17, 15) is 13.2 Å². The molecule has 0 bridgehead atoms. The highest BCUT2D eigenvalue weighted by molar-refractivity contribution is 7.89. The molecule has 0 unspecified atom stereocenters. The summed E-state index contributed by atoms with van der Waals surface area (Å²) in [5, 5.41) is 14.1. The van der Waals surface area contributed by atoms with E-state index in [4.69, 9.17) is 16.7 Å². The topological polar surface area (TPSA) is 108 Å². The summed E-state index contributed by atoms with van der Waals surface area (Å²) in [5.41, 5.74) is 2.20. The molecule has 33 heavy (non-hydrogen) atoms. The van der Waals surface area contributed by atoms with E-state index < -0.39 is 15.9 Å². The molecule has 0 atom stereocenters. The van der Waals surface area contributed by atoms with Crippen molar-refractivity contribution in [3.63, 3.8) is 0 Å². The zero-order valence-corrected chi connectivity index (χ0v) is 18.9. The van der Waals surface area contributed by atoms with Crippen molar-refractivity contribution in [2.45, 2.75) is 4.90 Å². The molecule has 1 aromatic heterocycles. The standard InChI is InChI=1S/C24H20ClN3O4S/c25-22-10-7-18(15-21(22)23-20-4-2-1-3-16(20)11-12-26-23)28-24(30)17-5-8-19(9-6-17)33(31,32)27-13-14-29/h1-12,15,27,29H,13-14H2,(H,28,30). The molecule has 1 amide bonds. The molecule has 4 rings (SSSR count). The Labute approximate surface area is 196 Å². The molecule has 7 nitrogen and oxygen atoms in total. The van der Waals surface area contributed by atoms with Gasteiger partial charge in [0.2, 0.25) is 10.0 Å². The zero-order chi connectivity index (χ0) is 23.4. The van der Waals surface area contributed by atoms with Gasteiger partial charge in [-0.1, -0.05) is 35.9 Å². The highest BCUT2D eigenvalue weighted by atomic mass is 35.5. The van der Waals surface area contributed by atoms with Crippen LogP contribution in [0.5, 0.6) is 0 Å². The number of nitrogens with zero attached hydrogens (tertiary/aromatic N) is 1. The first-order chi connectivity index (χ1) is 15.9. The number of rotatable bonds is 7. The minimum absolute atomic E-state index is 0.00306. The van der Waals surface area contributed by atoms with Gasteiger partial charge >= 0.3 is 0 Å². The number of halogens is 1. The summed E-state index contributed by atoms with van der Waals surface area (Å²) in [5.74, 6) is -0.401. The molecule has 0 saturated heterocycles. The van der Waals surface area contributed by atoms with Crippen molar-refractivity contribution in [3.05, 3.63) is 89.6 Å². The minimum Gasteiger partial charge on any atom is -0.395 e. The Kier molecular flexibility index (Phi) is 6.71. The van der Waals surface area contributed by atoms with E-state index in [-0.39, 0.29) is 23.6 Å². The van der Waals surface area contributed by atoms with Crippen molar-refractivity contribution in [3.8, 4) is 11.3 Å². The fourth-order valence-electron chi connectivity index (χ4n) is 3.37. The van der Waals surface area contributed by atoms with Gasteiger partial charge in [-0.15, -0.1) is 0 Å². The number of amides is 1. The van der Waals surface area contributed by atoms with Crippen LogP contribution in [0.4, 0.5) is 5.69 Å². The number of fused-ring (bicyclic) bond motifs is 1. The van der Waals surface area contributed by atoms with Crippen LogP contribution in [0.1, 0.15) is 10.4 Å². The first-order valence-electron chi connectivity index (χ1n) is 10.0. The van der Waals surface area contributed by atoms with E-state index in [1.807, 2.05) is 30.3 Å². The molecule has 4 aromatic rings. The second-order valence-electron chi connectivity index (χ2n) is 7.18. The van der Waals surface area contributed by atoms with Crippen molar-refractivity contribution in [2.24, 2.45) is 0 Å². The van der Waals surface area contributed by atoms with E-state index in [0.29, 0.717) is 22.0 Å². The van der Waals surface area contributed by atoms with Crippen molar-refractivity contribution in [1.82, 2.24) is 9.71 Å². The molecule has 0 radical (unpaired) electrons. The molecular weight excluding hydrogens is 462 g/mol. The third kappa shape index (κ3) is 5.04. The van der Waals surface area contributed by atoms with Gasteiger partial charge in [0.05, 0.1) is 22.2 Å². The van der Waals surface area contributed by atoms with Gasteiger partial charge in [0, 0.05) is 34.9 Å². The first kappa shape index (κ1) is 22.9. The molecule has 0 aliphatic carbocycles. The average Bonchev–Trinajstić information content (AvgIpc) is 2.83. The molecule has 0 aliphatic rings. The van der Waals surface area contributed by atoms with E-state index in [0.717, 1.165) is 10.8 Å². The molecule has 0 fully saturated rings. The number of anilines is 1. The highest BCUT2D eigenvalue weighted by Gasteiger charge is 2.15. The summed E-state index contributed by atoms with van der Waals surface area (Å²) < 4.78 is 26.5. The van der Waals surface area contributed by atoms with Gasteiger partial charge in [0.15, 0.2) is 0 Å². The second-order valence-corrected chi connectivity index (χ2v) is 9.35. The van der Waals surface area contributed by atoms with Crippen LogP contribution in [0, 0.1) is 0 Å². The molecule has 0 spiro atoms. The Morgan fingerprint density at radius 1 is 1.00 bits per heavy atom. The number of pyridine rings is 1. The number of hydrogen-bond acceptors (Lipinski definition) is 5. The van der Waals surface area contributed by atoms with E-state index >= 15 is 0 Å². The van der Waals surface area contributed by atoms with Crippen LogP contribution in [-0.2, 0) is 10.0 Å². The number of benzene rings is 3. The van der Waals surface area contributed by atoms with Crippen LogP contribution in [-0.4, -0.2) is 37.6 Å². The normalized spacial score (nSPS) is 11.5. The Balaban J connectivity index is 1.58. The third-order valence-corrected chi connectivity index (χ3v) is 6.79. The van der Waals surface area contributed by atoms with E-state index in [1.54, 1.807) is 24.4 Å². The van der Waals surface area contributed by atoms with Crippen LogP contribution in [0.25, 0.3) is 22.0 Å². The lowest BCUT2D eigenvalue weighted by Gasteiger charge is -2.11. The minimum atomic E-state index is -3.75. The molecule has 1 heterocycles. The Morgan fingerprint density at radius 2 is 1.76 bits per heavy atom. The summed E-state index contributed by atoms with van der Waals surface area (Å²) in [4.78, 5) is 17.2. The van der Waals surface area contributed by atoms with Gasteiger partial charge < -0.3 is 10.4 Å². The van der Waals surface area contributed by atoms with Crippen LogP contribution < -0.4 is 10.0 Å². The molecule has 0 aliphatic heterocycles. The van der Waals surface area contributed by atoms with Gasteiger partial charge in [0.1, 0.15) is 0 Å². The predicted molar refractivity (Wildman–Crippen MR) is 129 cm³/mol. The summed E-state index contributed by atoms with van der Waals surface area (Å²) in [6, 6.07) is 20.4. The number of carbonyl (C=O) groups excluding carboxylic acids is 1. The lowest BCUT2D eigenvalue weighted by atomic mass is 10.0. The molecule has 3 N–H and O–H groups in total. The largest absolute Gasteiger partial charge is 0.395 e. The maximum absolute atomic E-state index is 12.7. The van der Waals surface area contributed by atoms with Crippen LogP contribution in [0.2, 0.25) is 5.02 Å². The summed E-state index contributed by atoms with van der Waals surface area (Å²) in [7, 11) is -3.75. The summed E-state index contributed by atoms with van der Waals surface area (Å²) in [6.45, 7) is -0.397. The quantitative estimate of drug-likeness (QED) is 0.368. The van der Waals surface area contributed by atoms with Gasteiger partial charge in [-0.3, -0.25) is 9.78 Å². The summed E-state index contributed by atoms with van der Waals surface area (Å²) >= 11 is 6.45. The highest BCUT2D eigenvalue weighted by Crippen LogP contribution is 2.33. The van der Waals surface area contributed by atoms with Gasteiger partial charge in [-0.05, 0) is 53.9 Å². The number of carbonyl (C=O) groups is 1. The van der Waals surface area contributed by atoms with Crippen LogP contribution in [0.15, 0.2) is 83.9 Å². The lowest BCUT2D eigenvalue weighted by Crippen LogP contribution is -2.26. The number of aromatic nitrogens is 1. The second kappa shape index (κ2) is 9.68. The average molecular weight is 482 g/mol. The number of hydrogen-bond donors (Lipinski definition) is 3. The predicted octanol–water partition coefficient (Wildman–Crippen LogP) is 4.08. The van der Waals surface area contributed by atoms with Gasteiger partial charge in [-0.2, -0.15) is 0 Å². The first-order valence-corrected chi connectivity index (χ1v) is 11.9. The maximum Gasteiger partial charge on any atom is 0.255 e. The van der Waals surface area contributed by atoms with Gasteiger partial charge in [0.25, 0.3) is 5.91 Å². The Hall–Kier alpha value is -3.30. The number of sulfonamides is 1. The smallest absolute Gasteiger partial charge is 0.255 e. The molecule has 9 heteroatoms. The lowest BCUT2D eigenvalue weighted by molar-refractivity contribution is 0.102. The molecular formula is C24H20ClN3O4S.